The molecule has 1 aliphatic rings. The molecule has 1 atom stereocenters. The third-order valence-corrected chi connectivity index (χ3v) is 5.73. The quantitative estimate of drug-likeness (QED) is 0.658. The molecule has 0 unspecified atom stereocenters. The van der Waals surface area contributed by atoms with E-state index in [1.165, 1.54) is 18.4 Å². The van der Waals surface area contributed by atoms with E-state index in [4.69, 9.17) is 9.47 Å². The molecule has 6 heteroatoms. The van der Waals surface area contributed by atoms with E-state index in [2.05, 4.69) is 54.8 Å². The number of methoxy groups -OCH3 is 1. The summed E-state index contributed by atoms with van der Waals surface area (Å²) >= 11 is 0. The first-order chi connectivity index (χ1) is 13.3. The summed E-state index contributed by atoms with van der Waals surface area (Å²) in [5.41, 5.74) is 1.22. The highest BCUT2D eigenvalue weighted by Crippen LogP contribution is 2.29. The second-order valence-electron chi connectivity index (χ2n) is 8.45. The van der Waals surface area contributed by atoms with Gasteiger partial charge in [0.25, 0.3) is 0 Å². The number of aliphatic hydroxyl groups is 1. The van der Waals surface area contributed by atoms with Gasteiger partial charge in [-0.25, -0.2) is 0 Å². The summed E-state index contributed by atoms with van der Waals surface area (Å²) in [7, 11) is 7.99. The Kier molecular flexibility index (Phi) is 9.02. The topological polar surface area (TPSA) is 48.4 Å². The molecule has 1 saturated heterocycles. The smallest absolute Gasteiger partial charge is 0.161 e. The van der Waals surface area contributed by atoms with Crippen LogP contribution in [0.1, 0.15) is 32.3 Å². The van der Waals surface area contributed by atoms with Crippen LogP contribution in [-0.4, -0.2) is 92.5 Å². The van der Waals surface area contributed by atoms with Gasteiger partial charge < -0.3 is 24.4 Å². The van der Waals surface area contributed by atoms with Gasteiger partial charge in [0.15, 0.2) is 11.5 Å². The van der Waals surface area contributed by atoms with Gasteiger partial charge in [0, 0.05) is 25.2 Å². The highest BCUT2D eigenvalue weighted by molar-refractivity contribution is 5.43. The average Bonchev–Trinajstić information content (AvgIpc) is 2.66. The van der Waals surface area contributed by atoms with Gasteiger partial charge in [-0.3, -0.25) is 4.90 Å². The van der Waals surface area contributed by atoms with Gasteiger partial charge in [0.2, 0.25) is 0 Å². The van der Waals surface area contributed by atoms with Crippen molar-refractivity contribution in [1.29, 1.82) is 0 Å². The number of hydrogen-bond acceptors (Lipinski definition) is 6. The van der Waals surface area contributed by atoms with Crippen LogP contribution in [0.5, 0.6) is 11.5 Å². The molecule has 6 nitrogen and oxygen atoms in total. The van der Waals surface area contributed by atoms with Crippen molar-refractivity contribution in [1.82, 2.24) is 14.7 Å². The van der Waals surface area contributed by atoms with Crippen LogP contribution in [0.4, 0.5) is 0 Å². The highest BCUT2D eigenvalue weighted by Gasteiger charge is 2.21. The predicted molar refractivity (Wildman–Crippen MR) is 114 cm³/mol. The number of piperidine rings is 1. The third-order valence-electron chi connectivity index (χ3n) is 5.73. The number of ether oxygens (including phenoxy) is 2. The van der Waals surface area contributed by atoms with E-state index in [-0.39, 0.29) is 6.61 Å². The monoisotopic (exact) mass is 393 g/mol. The van der Waals surface area contributed by atoms with Gasteiger partial charge in [-0.15, -0.1) is 0 Å². The van der Waals surface area contributed by atoms with E-state index in [0.717, 1.165) is 19.6 Å². The summed E-state index contributed by atoms with van der Waals surface area (Å²) in [4.78, 5) is 6.94. The molecule has 0 aromatic heterocycles. The van der Waals surface area contributed by atoms with Crippen molar-refractivity contribution in [3.05, 3.63) is 23.8 Å². The van der Waals surface area contributed by atoms with Crippen molar-refractivity contribution >= 4 is 0 Å². The molecule has 1 N–H and O–H groups in total. The summed E-state index contributed by atoms with van der Waals surface area (Å²) in [5, 5.41) is 10.3. The van der Waals surface area contributed by atoms with E-state index < -0.39 is 6.10 Å². The van der Waals surface area contributed by atoms with E-state index in [1.807, 2.05) is 13.1 Å². The van der Waals surface area contributed by atoms with Gasteiger partial charge in [-0.1, -0.05) is 6.07 Å². The van der Waals surface area contributed by atoms with Crippen LogP contribution in [0.15, 0.2) is 18.2 Å². The molecule has 1 heterocycles. The molecule has 28 heavy (non-hydrogen) atoms. The third kappa shape index (κ3) is 6.92. The Morgan fingerprint density at radius 2 is 1.82 bits per heavy atom. The fraction of sp³-hybridized carbons (Fsp3) is 0.727. The summed E-state index contributed by atoms with van der Waals surface area (Å²) in [5.74, 6) is 1.41. The Labute approximate surface area is 171 Å². The lowest BCUT2D eigenvalue weighted by atomic mass is 10.0. The second-order valence-corrected chi connectivity index (χ2v) is 8.45. The molecule has 1 fully saturated rings. The molecule has 0 aliphatic carbocycles. The zero-order chi connectivity index (χ0) is 20.7. The highest BCUT2D eigenvalue weighted by atomic mass is 16.5. The van der Waals surface area contributed by atoms with Crippen LogP contribution in [0, 0.1) is 0 Å². The van der Waals surface area contributed by atoms with Crippen LogP contribution in [0.2, 0.25) is 0 Å². The molecule has 1 aliphatic heterocycles. The molecular formula is C22H39N3O3. The Hall–Kier alpha value is -1.34. The van der Waals surface area contributed by atoms with Crippen molar-refractivity contribution in [3.8, 4) is 11.5 Å². The number of likely N-dealkylation sites (N-methyl/N-ethyl adjacent to an activating group) is 1. The van der Waals surface area contributed by atoms with Crippen LogP contribution >= 0.6 is 0 Å². The van der Waals surface area contributed by atoms with Crippen molar-refractivity contribution in [2.24, 2.45) is 0 Å². The van der Waals surface area contributed by atoms with Crippen LogP contribution < -0.4 is 9.47 Å². The lowest BCUT2D eigenvalue weighted by molar-refractivity contribution is 0.0667. The first kappa shape index (κ1) is 22.9. The lowest BCUT2D eigenvalue weighted by Gasteiger charge is -2.35. The van der Waals surface area contributed by atoms with Crippen molar-refractivity contribution in [3.63, 3.8) is 0 Å². The fourth-order valence-electron chi connectivity index (χ4n) is 3.57. The van der Waals surface area contributed by atoms with Crippen molar-refractivity contribution < 1.29 is 14.6 Å². The van der Waals surface area contributed by atoms with Gasteiger partial charge >= 0.3 is 0 Å². The lowest BCUT2D eigenvalue weighted by Crippen LogP contribution is -2.41. The van der Waals surface area contributed by atoms with Crippen LogP contribution in [-0.2, 0) is 6.54 Å². The minimum atomic E-state index is -0.536. The Morgan fingerprint density at radius 3 is 2.39 bits per heavy atom. The maximum Gasteiger partial charge on any atom is 0.161 e. The van der Waals surface area contributed by atoms with E-state index in [1.54, 1.807) is 7.11 Å². The number of benzene rings is 1. The first-order valence-electron chi connectivity index (χ1n) is 10.4. The van der Waals surface area contributed by atoms with E-state index in [0.29, 0.717) is 30.1 Å². The van der Waals surface area contributed by atoms with Crippen molar-refractivity contribution in [2.45, 2.75) is 51.4 Å². The summed E-state index contributed by atoms with van der Waals surface area (Å²) in [6.45, 7) is 8.21. The minimum absolute atomic E-state index is 0.255. The van der Waals surface area contributed by atoms with Crippen LogP contribution in [0.3, 0.4) is 0 Å². The molecule has 160 valence electrons. The molecule has 0 spiro atoms. The molecule has 0 bridgehead atoms. The first-order valence-corrected chi connectivity index (χ1v) is 10.4. The Morgan fingerprint density at radius 1 is 1.14 bits per heavy atom. The van der Waals surface area contributed by atoms with Gasteiger partial charge in [0.1, 0.15) is 12.7 Å². The molecule has 2 rings (SSSR count). The van der Waals surface area contributed by atoms with Crippen LogP contribution in [0.25, 0.3) is 0 Å². The summed E-state index contributed by atoms with van der Waals surface area (Å²) in [6.07, 6.45) is 1.88. The second kappa shape index (κ2) is 11.0. The fourth-order valence-corrected chi connectivity index (χ4v) is 3.57. The number of nitrogens with zero attached hydrogens (tertiary/aromatic N) is 3. The molecule has 0 saturated carbocycles. The minimum Gasteiger partial charge on any atom is -0.493 e. The molecule has 0 radical (unpaired) electrons. The van der Waals surface area contributed by atoms with Gasteiger partial charge in [-0.05, 0) is 78.6 Å². The standard InChI is InChI=1S/C22H39N3O3/c1-17(2)24(5)15-20(26)16-28-22-13-18(7-8-21(22)27-6)14-25-11-9-19(10-12-25)23(3)4/h7-8,13,17,19-20,26H,9-12,14-16H2,1-6H3/t20-/m0/s1. The average molecular weight is 394 g/mol. The molecular weight excluding hydrogens is 354 g/mol. The largest absolute Gasteiger partial charge is 0.493 e. The summed E-state index contributed by atoms with van der Waals surface area (Å²) < 4.78 is 11.4. The summed E-state index contributed by atoms with van der Waals surface area (Å²) in [6, 6.07) is 7.20. The van der Waals surface area contributed by atoms with Gasteiger partial charge in [-0.2, -0.15) is 0 Å². The normalized spacial score (nSPS) is 17.5. The Balaban J connectivity index is 1.92. The number of rotatable bonds is 10. The molecule has 0 amide bonds. The molecule has 1 aromatic rings. The maximum absolute atomic E-state index is 10.3. The number of aliphatic hydroxyl groups excluding tert-OH is 1. The number of likely N-dealkylation sites (tertiary alicyclic amines) is 1. The van der Waals surface area contributed by atoms with Gasteiger partial charge in [0.05, 0.1) is 7.11 Å². The maximum atomic E-state index is 10.3. The molecule has 1 aromatic carbocycles. The zero-order valence-corrected chi connectivity index (χ0v) is 18.5. The predicted octanol–water partition coefficient (Wildman–Crippen LogP) is 2.30. The van der Waals surface area contributed by atoms with E-state index >= 15 is 0 Å². The Bertz CT molecular complexity index is 586. The SMILES string of the molecule is COc1ccc(CN2CCC(N(C)C)CC2)cc1OC[C@@H](O)CN(C)C(C)C. The zero-order valence-electron chi connectivity index (χ0n) is 18.5. The van der Waals surface area contributed by atoms with E-state index in [9.17, 15) is 5.11 Å². The van der Waals surface area contributed by atoms with Crippen molar-refractivity contribution in [2.75, 3.05) is 54.5 Å². The number of hydrogen-bond donors (Lipinski definition) is 1.